The van der Waals surface area contributed by atoms with E-state index in [4.69, 9.17) is 9.47 Å². The molecule has 2 atom stereocenters. The van der Waals surface area contributed by atoms with Crippen molar-refractivity contribution in [2.45, 2.75) is 150 Å². The summed E-state index contributed by atoms with van der Waals surface area (Å²) in [6, 6.07) is 0. The molecule has 0 N–H and O–H groups in total. The molecular formula is C29H52O4. The molecule has 0 aromatic heterocycles. The fourth-order valence-corrected chi connectivity index (χ4v) is 7.65. The summed E-state index contributed by atoms with van der Waals surface area (Å²) in [6.45, 7) is 13.0. The molecule has 33 heavy (non-hydrogen) atoms. The Morgan fingerprint density at radius 2 is 0.939 bits per heavy atom. The van der Waals surface area contributed by atoms with Gasteiger partial charge in [0.25, 0.3) is 0 Å². The molecule has 2 aliphatic rings. The van der Waals surface area contributed by atoms with Crippen molar-refractivity contribution in [1.29, 1.82) is 0 Å². The summed E-state index contributed by atoms with van der Waals surface area (Å²) in [5.41, 5.74) is 0.0155. The lowest BCUT2D eigenvalue weighted by atomic mass is 9.63. The fourth-order valence-electron chi connectivity index (χ4n) is 7.65. The standard InChI is InChI=1S/C29H52O4/c1-7-28(8-2,24-17-13-11-14-18-24)22(5)32-26(30)21-27(31)33-23(6)29(9-3,10-4)25-19-15-12-16-20-25/h22-25H,7-21H2,1-6H3. The maximum Gasteiger partial charge on any atom is 0.317 e. The first-order valence-electron chi connectivity index (χ1n) is 14.2. The number of rotatable bonds is 12. The SMILES string of the molecule is CCC(CC)(C1CCCCC1)C(C)OC(=O)CC(=O)OC(C)C(CC)(CC)C1CCCCC1. The molecule has 0 amide bonds. The molecule has 2 aliphatic carbocycles. The minimum absolute atomic E-state index is 0.00777. The third kappa shape index (κ3) is 6.54. The van der Waals surface area contributed by atoms with Crippen LogP contribution in [-0.4, -0.2) is 24.1 Å². The van der Waals surface area contributed by atoms with Crippen molar-refractivity contribution in [2.24, 2.45) is 22.7 Å². The van der Waals surface area contributed by atoms with Crippen LogP contribution in [0.1, 0.15) is 138 Å². The summed E-state index contributed by atoms with van der Waals surface area (Å²) in [5, 5.41) is 0. The lowest BCUT2D eigenvalue weighted by molar-refractivity contribution is -0.171. The zero-order valence-corrected chi connectivity index (χ0v) is 22.5. The van der Waals surface area contributed by atoms with E-state index in [0.717, 1.165) is 25.7 Å². The Balaban J connectivity index is 1.97. The van der Waals surface area contributed by atoms with Crippen LogP contribution >= 0.6 is 0 Å². The largest absolute Gasteiger partial charge is 0.462 e. The molecule has 0 saturated heterocycles. The highest BCUT2D eigenvalue weighted by Crippen LogP contribution is 2.48. The molecule has 2 unspecified atom stereocenters. The average molecular weight is 465 g/mol. The number of carbonyl (C=O) groups excluding carboxylic acids is 2. The molecule has 4 heteroatoms. The van der Waals surface area contributed by atoms with Crippen LogP contribution in [0.5, 0.6) is 0 Å². The number of hydrogen-bond acceptors (Lipinski definition) is 4. The highest BCUT2D eigenvalue weighted by atomic mass is 16.6. The molecule has 0 aromatic rings. The average Bonchev–Trinajstić information content (AvgIpc) is 2.82. The first-order chi connectivity index (χ1) is 15.8. The number of hydrogen-bond donors (Lipinski definition) is 0. The highest BCUT2D eigenvalue weighted by molar-refractivity contribution is 5.91. The van der Waals surface area contributed by atoms with Gasteiger partial charge in [-0.3, -0.25) is 9.59 Å². The summed E-state index contributed by atoms with van der Waals surface area (Å²) >= 11 is 0. The molecule has 2 rings (SSSR count). The number of esters is 2. The van der Waals surface area contributed by atoms with Gasteiger partial charge in [-0.05, 0) is 77.0 Å². The van der Waals surface area contributed by atoms with E-state index in [9.17, 15) is 9.59 Å². The number of ether oxygens (including phenoxy) is 2. The first kappa shape index (κ1) is 28.2. The van der Waals surface area contributed by atoms with E-state index in [1.165, 1.54) is 64.2 Å². The van der Waals surface area contributed by atoms with Gasteiger partial charge in [-0.1, -0.05) is 66.2 Å². The molecule has 0 aromatic carbocycles. The summed E-state index contributed by atoms with van der Waals surface area (Å²) in [7, 11) is 0. The zero-order chi connectivity index (χ0) is 24.5. The second kappa shape index (κ2) is 13.1. The van der Waals surface area contributed by atoms with Gasteiger partial charge in [-0.25, -0.2) is 0 Å². The lowest BCUT2D eigenvalue weighted by Crippen LogP contribution is -2.44. The quantitative estimate of drug-likeness (QED) is 0.217. The van der Waals surface area contributed by atoms with Crippen molar-refractivity contribution in [3.63, 3.8) is 0 Å². The van der Waals surface area contributed by atoms with Gasteiger partial charge in [0.1, 0.15) is 18.6 Å². The molecule has 192 valence electrons. The Labute approximate surface area is 203 Å². The predicted molar refractivity (Wildman–Crippen MR) is 135 cm³/mol. The Kier molecular flexibility index (Phi) is 11.2. The van der Waals surface area contributed by atoms with Crippen LogP contribution in [0.4, 0.5) is 0 Å². The maximum absolute atomic E-state index is 12.8. The van der Waals surface area contributed by atoms with Crippen molar-refractivity contribution in [2.75, 3.05) is 0 Å². The van der Waals surface area contributed by atoms with E-state index in [2.05, 4.69) is 27.7 Å². The van der Waals surface area contributed by atoms with Gasteiger partial charge < -0.3 is 9.47 Å². The zero-order valence-electron chi connectivity index (χ0n) is 22.5. The topological polar surface area (TPSA) is 52.6 Å². The third-order valence-electron chi connectivity index (χ3n) is 9.99. The molecule has 0 radical (unpaired) electrons. The summed E-state index contributed by atoms with van der Waals surface area (Å²) in [5.74, 6) is 0.332. The van der Waals surface area contributed by atoms with Crippen LogP contribution in [0.2, 0.25) is 0 Å². The van der Waals surface area contributed by atoms with Crippen molar-refractivity contribution in [3.05, 3.63) is 0 Å². The minimum atomic E-state index is -0.432. The van der Waals surface area contributed by atoms with Crippen LogP contribution in [0, 0.1) is 22.7 Å². The third-order valence-corrected chi connectivity index (χ3v) is 9.99. The van der Waals surface area contributed by atoms with E-state index < -0.39 is 11.9 Å². The van der Waals surface area contributed by atoms with Gasteiger partial charge in [0.2, 0.25) is 0 Å². The Hall–Kier alpha value is -1.06. The van der Waals surface area contributed by atoms with Crippen molar-refractivity contribution in [3.8, 4) is 0 Å². The van der Waals surface area contributed by atoms with Gasteiger partial charge in [0.15, 0.2) is 0 Å². The van der Waals surface area contributed by atoms with Crippen molar-refractivity contribution in [1.82, 2.24) is 0 Å². The predicted octanol–water partition coefficient (Wildman–Crippen LogP) is 8.01. The Bertz CT molecular complexity index is 541. The van der Waals surface area contributed by atoms with Gasteiger partial charge in [0.05, 0.1) is 0 Å². The molecule has 0 heterocycles. The Morgan fingerprint density at radius 1 is 0.636 bits per heavy atom. The molecule has 2 fully saturated rings. The summed E-state index contributed by atoms with van der Waals surface area (Å²) < 4.78 is 11.8. The van der Waals surface area contributed by atoms with Crippen LogP contribution in [0.15, 0.2) is 0 Å². The summed E-state index contributed by atoms with van der Waals surface area (Å²) in [6.07, 6.45) is 16.0. The van der Waals surface area contributed by atoms with Crippen molar-refractivity contribution < 1.29 is 19.1 Å². The molecular weight excluding hydrogens is 412 g/mol. The van der Waals surface area contributed by atoms with E-state index >= 15 is 0 Å². The molecule has 4 nitrogen and oxygen atoms in total. The van der Waals surface area contributed by atoms with E-state index in [1.54, 1.807) is 0 Å². The number of carbonyl (C=O) groups is 2. The van der Waals surface area contributed by atoms with Gasteiger partial charge in [-0.15, -0.1) is 0 Å². The second-order valence-electron chi connectivity index (χ2n) is 11.0. The van der Waals surface area contributed by atoms with Gasteiger partial charge in [-0.2, -0.15) is 0 Å². The lowest BCUT2D eigenvalue weighted by Gasteiger charge is -2.45. The minimum Gasteiger partial charge on any atom is -0.462 e. The second-order valence-corrected chi connectivity index (χ2v) is 11.0. The molecule has 2 saturated carbocycles. The van der Waals surface area contributed by atoms with Crippen LogP contribution < -0.4 is 0 Å². The smallest absolute Gasteiger partial charge is 0.317 e. The Morgan fingerprint density at radius 3 is 1.21 bits per heavy atom. The molecule has 0 bridgehead atoms. The van der Waals surface area contributed by atoms with Crippen LogP contribution in [0.3, 0.4) is 0 Å². The molecule has 0 aliphatic heterocycles. The highest BCUT2D eigenvalue weighted by Gasteiger charge is 2.44. The fraction of sp³-hybridized carbons (Fsp3) is 0.931. The van der Waals surface area contributed by atoms with Crippen molar-refractivity contribution >= 4 is 11.9 Å². The first-order valence-corrected chi connectivity index (χ1v) is 14.2. The van der Waals surface area contributed by atoms with E-state index in [0.29, 0.717) is 11.8 Å². The van der Waals surface area contributed by atoms with E-state index in [1.807, 2.05) is 13.8 Å². The van der Waals surface area contributed by atoms with Crippen LogP contribution in [-0.2, 0) is 19.1 Å². The van der Waals surface area contributed by atoms with E-state index in [-0.39, 0.29) is 29.5 Å². The normalized spacial score (nSPS) is 20.8. The van der Waals surface area contributed by atoms with Crippen LogP contribution in [0.25, 0.3) is 0 Å². The monoisotopic (exact) mass is 464 g/mol. The maximum atomic E-state index is 12.8. The summed E-state index contributed by atoms with van der Waals surface area (Å²) in [4.78, 5) is 25.5. The molecule has 0 spiro atoms. The van der Waals surface area contributed by atoms with Gasteiger partial charge in [0, 0.05) is 10.8 Å². The van der Waals surface area contributed by atoms with Gasteiger partial charge >= 0.3 is 11.9 Å².